The van der Waals surface area contributed by atoms with Crippen molar-refractivity contribution in [1.82, 2.24) is 5.32 Å². The van der Waals surface area contributed by atoms with Crippen LogP contribution in [0.2, 0.25) is 0 Å². The third-order valence-corrected chi connectivity index (χ3v) is 3.20. The smallest absolute Gasteiger partial charge is 0.311 e. The summed E-state index contributed by atoms with van der Waals surface area (Å²) < 4.78 is 10.4. The van der Waals surface area contributed by atoms with Gasteiger partial charge in [0, 0.05) is 25.3 Å². The Kier molecular flexibility index (Phi) is 4.70. The molecule has 1 aromatic carbocycles. The van der Waals surface area contributed by atoms with Gasteiger partial charge in [-0.2, -0.15) is 0 Å². The van der Waals surface area contributed by atoms with Gasteiger partial charge >= 0.3 is 5.69 Å². The second-order valence-electron chi connectivity index (χ2n) is 4.56. The van der Waals surface area contributed by atoms with Crippen LogP contribution in [0.4, 0.5) is 5.69 Å². The molecule has 0 aliphatic carbocycles. The molecule has 1 aliphatic heterocycles. The molecule has 1 aromatic rings. The zero-order chi connectivity index (χ0) is 13.7. The van der Waals surface area contributed by atoms with Crippen LogP contribution in [0.3, 0.4) is 0 Å². The zero-order valence-electron chi connectivity index (χ0n) is 10.9. The minimum Gasteiger partial charge on any atom is -0.490 e. The van der Waals surface area contributed by atoms with Crippen molar-refractivity contribution in [2.24, 2.45) is 0 Å². The lowest BCUT2D eigenvalue weighted by Crippen LogP contribution is -2.36. The highest BCUT2D eigenvalue weighted by Gasteiger charge is 2.16. The average Bonchev–Trinajstić information content (AvgIpc) is 2.46. The van der Waals surface area contributed by atoms with Crippen molar-refractivity contribution in [2.75, 3.05) is 20.3 Å². The summed E-state index contributed by atoms with van der Waals surface area (Å²) in [7, 11) is 1.43. The highest BCUT2D eigenvalue weighted by molar-refractivity contribution is 5.48. The molecule has 1 N–H and O–H groups in total. The van der Waals surface area contributed by atoms with Crippen molar-refractivity contribution >= 4 is 5.69 Å². The van der Waals surface area contributed by atoms with Gasteiger partial charge in [-0.1, -0.05) is 6.07 Å². The third kappa shape index (κ3) is 3.65. The van der Waals surface area contributed by atoms with Gasteiger partial charge in [-0.05, 0) is 24.5 Å². The normalized spacial score (nSPS) is 19.1. The molecule has 0 aromatic heterocycles. The maximum Gasteiger partial charge on any atom is 0.311 e. The van der Waals surface area contributed by atoms with E-state index in [2.05, 4.69) is 5.32 Å². The molecule has 2 rings (SSSR count). The molecule has 0 amide bonds. The van der Waals surface area contributed by atoms with Crippen molar-refractivity contribution in [3.8, 4) is 5.75 Å². The molecule has 1 fully saturated rings. The van der Waals surface area contributed by atoms with Gasteiger partial charge in [0.15, 0.2) is 5.75 Å². The maximum atomic E-state index is 10.9. The second kappa shape index (κ2) is 6.49. The van der Waals surface area contributed by atoms with Crippen molar-refractivity contribution in [3.63, 3.8) is 0 Å². The summed E-state index contributed by atoms with van der Waals surface area (Å²) >= 11 is 0. The molecule has 1 unspecified atom stereocenters. The van der Waals surface area contributed by atoms with Crippen molar-refractivity contribution in [3.05, 3.63) is 33.9 Å². The molecule has 0 saturated carbocycles. The van der Waals surface area contributed by atoms with E-state index in [-0.39, 0.29) is 11.4 Å². The number of rotatable bonds is 5. The van der Waals surface area contributed by atoms with E-state index in [1.54, 1.807) is 12.1 Å². The summed E-state index contributed by atoms with van der Waals surface area (Å²) in [5.74, 6) is 0.287. The summed E-state index contributed by atoms with van der Waals surface area (Å²) in [6.45, 7) is 2.13. The Balaban J connectivity index is 2.00. The molecule has 0 radical (unpaired) electrons. The number of ether oxygens (including phenoxy) is 2. The van der Waals surface area contributed by atoms with Crippen LogP contribution >= 0.6 is 0 Å². The standard InChI is InChI=1S/C13H18N2O4/c1-18-13-5-4-10(7-12(13)15(16)17)8-14-11-3-2-6-19-9-11/h4-5,7,11,14H,2-3,6,8-9H2,1H3. The second-order valence-corrected chi connectivity index (χ2v) is 4.56. The SMILES string of the molecule is COc1ccc(CNC2CCCOC2)cc1[N+](=O)[O-]. The topological polar surface area (TPSA) is 73.6 Å². The van der Waals surface area contributed by atoms with Crippen LogP contribution in [0.25, 0.3) is 0 Å². The molecule has 6 nitrogen and oxygen atoms in total. The molecule has 0 spiro atoms. The number of nitro benzene ring substituents is 1. The fraction of sp³-hybridized carbons (Fsp3) is 0.538. The van der Waals surface area contributed by atoms with Crippen LogP contribution in [-0.4, -0.2) is 31.3 Å². The Bertz CT molecular complexity index is 444. The Morgan fingerprint density at radius 1 is 1.58 bits per heavy atom. The number of nitro groups is 1. The van der Waals surface area contributed by atoms with E-state index in [0.29, 0.717) is 19.2 Å². The first-order chi connectivity index (χ1) is 9.20. The largest absolute Gasteiger partial charge is 0.490 e. The van der Waals surface area contributed by atoms with Gasteiger partial charge in [0.25, 0.3) is 0 Å². The van der Waals surface area contributed by atoms with Crippen LogP contribution in [0.5, 0.6) is 5.75 Å². The van der Waals surface area contributed by atoms with E-state index in [9.17, 15) is 10.1 Å². The minimum atomic E-state index is -0.425. The van der Waals surface area contributed by atoms with Crippen molar-refractivity contribution < 1.29 is 14.4 Å². The molecule has 19 heavy (non-hydrogen) atoms. The molecule has 1 saturated heterocycles. The molecule has 6 heteroatoms. The van der Waals surface area contributed by atoms with Crippen LogP contribution in [0, 0.1) is 10.1 Å². The summed E-state index contributed by atoms with van der Waals surface area (Å²) in [5.41, 5.74) is 0.875. The zero-order valence-corrected chi connectivity index (χ0v) is 10.9. The maximum absolute atomic E-state index is 10.9. The number of nitrogens with zero attached hydrogens (tertiary/aromatic N) is 1. The molecule has 104 valence electrons. The summed E-state index contributed by atoms with van der Waals surface area (Å²) in [5, 5.41) is 14.3. The van der Waals surface area contributed by atoms with E-state index >= 15 is 0 Å². The lowest BCUT2D eigenvalue weighted by molar-refractivity contribution is -0.385. The van der Waals surface area contributed by atoms with Crippen molar-refractivity contribution in [2.45, 2.75) is 25.4 Å². The molecule has 0 bridgehead atoms. The monoisotopic (exact) mass is 266 g/mol. The van der Waals surface area contributed by atoms with Crippen LogP contribution in [0.1, 0.15) is 18.4 Å². The fourth-order valence-corrected chi connectivity index (χ4v) is 2.15. The molecule has 1 atom stereocenters. The van der Waals surface area contributed by atoms with E-state index in [0.717, 1.165) is 25.0 Å². The van der Waals surface area contributed by atoms with Crippen LogP contribution in [-0.2, 0) is 11.3 Å². The van der Waals surface area contributed by atoms with Gasteiger partial charge < -0.3 is 14.8 Å². The first-order valence-electron chi connectivity index (χ1n) is 6.33. The van der Waals surface area contributed by atoms with Gasteiger partial charge in [0.2, 0.25) is 0 Å². The lowest BCUT2D eigenvalue weighted by Gasteiger charge is -2.23. The van der Waals surface area contributed by atoms with Gasteiger partial charge in [0.1, 0.15) is 0 Å². The number of methoxy groups -OCH3 is 1. The Labute approximate surface area is 111 Å². The highest BCUT2D eigenvalue weighted by Crippen LogP contribution is 2.27. The lowest BCUT2D eigenvalue weighted by atomic mass is 10.1. The van der Waals surface area contributed by atoms with Crippen LogP contribution in [0.15, 0.2) is 18.2 Å². The van der Waals surface area contributed by atoms with E-state index in [1.165, 1.54) is 7.11 Å². The molecule has 1 aliphatic rings. The number of nitrogens with one attached hydrogen (secondary N) is 1. The first kappa shape index (κ1) is 13.8. The van der Waals surface area contributed by atoms with Gasteiger partial charge in [-0.15, -0.1) is 0 Å². The predicted octanol–water partition coefficient (Wildman–Crippen LogP) is 1.87. The van der Waals surface area contributed by atoms with Gasteiger partial charge in [-0.3, -0.25) is 10.1 Å². The Morgan fingerprint density at radius 3 is 3.05 bits per heavy atom. The summed E-state index contributed by atoms with van der Waals surface area (Å²) in [4.78, 5) is 10.5. The molecular formula is C13H18N2O4. The van der Waals surface area contributed by atoms with E-state index in [1.807, 2.05) is 6.07 Å². The average molecular weight is 266 g/mol. The summed E-state index contributed by atoms with van der Waals surface area (Å²) in [6, 6.07) is 5.35. The van der Waals surface area contributed by atoms with E-state index < -0.39 is 4.92 Å². The summed E-state index contributed by atoms with van der Waals surface area (Å²) in [6.07, 6.45) is 2.14. The van der Waals surface area contributed by atoms with E-state index in [4.69, 9.17) is 9.47 Å². The predicted molar refractivity (Wildman–Crippen MR) is 70.3 cm³/mol. The number of hydrogen-bond acceptors (Lipinski definition) is 5. The highest BCUT2D eigenvalue weighted by atomic mass is 16.6. The minimum absolute atomic E-state index is 0.00157. The quantitative estimate of drug-likeness (QED) is 0.650. The number of hydrogen-bond donors (Lipinski definition) is 1. The fourth-order valence-electron chi connectivity index (χ4n) is 2.15. The molecule has 1 heterocycles. The number of benzene rings is 1. The first-order valence-corrected chi connectivity index (χ1v) is 6.33. The van der Waals surface area contributed by atoms with Crippen molar-refractivity contribution in [1.29, 1.82) is 0 Å². The van der Waals surface area contributed by atoms with Crippen LogP contribution < -0.4 is 10.1 Å². The Hall–Kier alpha value is -1.66. The molecular weight excluding hydrogens is 248 g/mol. The van der Waals surface area contributed by atoms with Gasteiger partial charge in [-0.25, -0.2) is 0 Å². The van der Waals surface area contributed by atoms with Gasteiger partial charge in [0.05, 0.1) is 18.6 Å². The third-order valence-electron chi connectivity index (χ3n) is 3.20. The Morgan fingerprint density at radius 2 is 2.42 bits per heavy atom.